The zero-order valence-electron chi connectivity index (χ0n) is 18.2. The van der Waals surface area contributed by atoms with Crippen LogP contribution in [-0.4, -0.2) is 78.9 Å². The summed E-state index contributed by atoms with van der Waals surface area (Å²) in [5, 5.41) is 56.1. The summed E-state index contributed by atoms with van der Waals surface area (Å²) in [6, 6.07) is 16.0. The van der Waals surface area contributed by atoms with Gasteiger partial charge in [0.15, 0.2) is 35.3 Å². The minimum absolute atomic E-state index is 0.389. The van der Waals surface area contributed by atoms with Gasteiger partial charge in [0.2, 0.25) is 0 Å². The van der Waals surface area contributed by atoms with E-state index < -0.39 is 59.2 Å². The van der Waals surface area contributed by atoms with E-state index in [2.05, 4.69) is 0 Å². The van der Waals surface area contributed by atoms with Gasteiger partial charge in [0.25, 0.3) is 0 Å². The summed E-state index contributed by atoms with van der Waals surface area (Å²) in [6.45, 7) is 0. The van der Waals surface area contributed by atoms with Crippen molar-refractivity contribution in [2.24, 2.45) is 0 Å². The summed E-state index contributed by atoms with van der Waals surface area (Å²) in [7, 11) is 1.62. The number of hydrogen-bond acceptors (Lipinski definition) is 12. The third-order valence-electron chi connectivity index (χ3n) is 4.41. The second kappa shape index (κ2) is 13.8. The van der Waals surface area contributed by atoms with E-state index in [4.69, 9.17) is 19.7 Å². The first kappa shape index (κ1) is 29.1. The van der Waals surface area contributed by atoms with Crippen LogP contribution in [0, 0.1) is 0 Å². The van der Waals surface area contributed by atoms with Crippen LogP contribution in [0.3, 0.4) is 0 Å². The van der Waals surface area contributed by atoms with Crippen molar-refractivity contribution in [2.45, 2.75) is 35.3 Å². The van der Waals surface area contributed by atoms with E-state index in [0.29, 0.717) is 11.1 Å². The lowest BCUT2D eigenvalue weighted by molar-refractivity contribution is -0.171. The summed E-state index contributed by atoms with van der Waals surface area (Å²) in [4.78, 5) is 46.3. The van der Waals surface area contributed by atoms with Crippen molar-refractivity contribution < 1.29 is 59.3 Å². The van der Waals surface area contributed by atoms with Gasteiger partial charge in [-0.2, -0.15) is 0 Å². The number of ether oxygens (including phenoxy) is 2. The van der Waals surface area contributed by atoms with Crippen LogP contribution in [0.1, 0.15) is 22.0 Å². The fraction of sp³-hybridized carbons (Fsp3) is 0.273. The topological polar surface area (TPSA) is 208 Å². The normalized spacial score (nSPS) is 16.0. The molecule has 36 heavy (non-hydrogen) atoms. The first-order valence-electron chi connectivity index (χ1n) is 10.0. The number of rotatable bonds is 13. The second-order valence-corrected chi connectivity index (χ2v) is 9.40. The van der Waals surface area contributed by atoms with Crippen LogP contribution in [0.2, 0.25) is 0 Å². The van der Waals surface area contributed by atoms with Gasteiger partial charge in [-0.05, 0) is 21.6 Å². The molecule has 6 unspecified atom stereocenters. The smallest absolute Gasteiger partial charge is 0.339 e. The van der Waals surface area contributed by atoms with E-state index in [-0.39, 0.29) is 0 Å². The van der Waals surface area contributed by atoms with Gasteiger partial charge in [-0.3, -0.25) is 0 Å². The Morgan fingerprint density at radius 2 is 0.861 bits per heavy atom. The SMILES string of the molecule is O=C(O)C(O)C(O)C(=O)OC(SSC(OC(=O)C(O)C(O)C(=O)O)c1ccccc1)c1ccccc1. The Balaban J connectivity index is 2.24. The average Bonchev–Trinajstić information content (AvgIpc) is 2.88. The molecule has 0 fully saturated rings. The van der Waals surface area contributed by atoms with Crippen molar-refractivity contribution in [3.8, 4) is 0 Å². The number of carbonyl (C=O) groups is 4. The quantitative estimate of drug-likeness (QED) is 0.115. The van der Waals surface area contributed by atoms with Crippen molar-refractivity contribution in [3.05, 3.63) is 71.8 Å². The first-order chi connectivity index (χ1) is 17.0. The predicted molar refractivity (Wildman–Crippen MR) is 125 cm³/mol. The van der Waals surface area contributed by atoms with Gasteiger partial charge in [0, 0.05) is 11.1 Å². The molecule has 0 spiro atoms. The molecule has 0 aliphatic carbocycles. The van der Waals surface area contributed by atoms with E-state index >= 15 is 0 Å². The fourth-order valence-electron chi connectivity index (χ4n) is 2.49. The Morgan fingerprint density at radius 1 is 0.556 bits per heavy atom. The molecular formula is C22H22O12S2. The number of carbonyl (C=O) groups excluding carboxylic acids is 2. The van der Waals surface area contributed by atoms with Crippen molar-refractivity contribution in [1.82, 2.24) is 0 Å². The molecule has 6 N–H and O–H groups in total. The Kier molecular flexibility index (Phi) is 11.2. The molecule has 12 nitrogen and oxygen atoms in total. The molecule has 0 heterocycles. The molecule has 6 atom stereocenters. The summed E-state index contributed by atoms with van der Waals surface area (Å²) >= 11 is 0. The van der Waals surface area contributed by atoms with Crippen LogP contribution in [0.4, 0.5) is 0 Å². The lowest BCUT2D eigenvalue weighted by Crippen LogP contribution is -2.41. The van der Waals surface area contributed by atoms with Gasteiger partial charge in [0.05, 0.1) is 0 Å². The first-order valence-corrected chi connectivity index (χ1v) is 12.3. The number of aliphatic hydroxyl groups excluding tert-OH is 4. The average molecular weight is 543 g/mol. The van der Waals surface area contributed by atoms with E-state index in [1.807, 2.05) is 0 Å². The monoisotopic (exact) mass is 542 g/mol. The molecule has 0 saturated carbocycles. The maximum Gasteiger partial charge on any atom is 0.339 e. The number of benzene rings is 2. The number of hydrogen-bond donors (Lipinski definition) is 6. The maximum atomic E-state index is 12.3. The van der Waals surface area contributed by atoms with Crippen molar-refractivity contribution in [3.63, 3.8) is 0 Å². The summed E-state index contributed by atoms with van der Waals surface area (Å²) in [5.41, 5.74) is -1.61. The Bertz CT molecular complexity index is 952. The zero-order chi connectivity index (χ0) is 26.8. The van der Waals surface area contributed by atoms with E-state index in [1.54, 1.807) is 60.7 Å². The molecule has 0 amide bonds. The van der Waals surface area contributed by atoms with Gasteiger partial charge in [-0.1, -0.05) is 60.7 Å². The molecular weight excluding hydrogens is 520 g/mol. The molecule has 0 aliphatic rings. The van der Waals surface area contributed by atoms with E-state index in [9.17, 15) is 39.6 Å². The molecule has 0 bridgehead atoms. The third kappa shape index (κ3) is 8.22. The van der Waals surface area contributed by atoms with E-state index in [1.165, 1.54) is 0 Å². The van der Waals surface area contributed by atoms with Crippen LogP contribution in [-0.2, 0) is 28.7 Å². The highest BCUT2D eigenvalue weighted by molar-refractivity contribution is 8.76. The minimum Gasteiger partial charge on any atom is -0.479 e. The van der Waals surface area contributed by atoms with Crippen LogP contribution in [0.15, 0.2) is 60.7 Å². The van der Waals surface area contributed by atoms with Crippen LogP contribution < -0.4 is 0 Å². The second-order valence-electron chi connectivity index (χ2n) is 7.01. The predicted octanol–water partition coefficient (Wildman–Crippen LogP) is 0.465. The molecule has 2 aromatic carbocycles. The summed E-state index contributed by atoms with van der Waals surface area (Å²) in [5.74, 6) is -6.54. The molecule has 2 aromatic rings. The summed E-state index contributed by atoms with van der Waals surface area (Å²) in [6.07, 6.45) is -9.61. The number of esters is 2. The molecule has 0 aliphatic heterocycles. The van der Waals surface area contributed by atoms with Crippen molar-refractivity contribution >= 4 is 45.5 Å². The van der Waals surface area contributed by atoms with Crippen LogP contribution >= 0.6 is 21.6 Å². The highest BCUT2D eigenvalue weighted by atomic mass is 33.1. The van der Waals surface area contributed by atoms with E-state index in [0.717, 1.165) is 21.6 Å². The van der Waals surface area contributed by atoms with Gasteiger partial charge in [0.1, 0.15) is 0 Å². The number of carboxylic acids is 2. The molecule has 0 saturated heterocycles. The third-order valence-corrected chi connectivity index (χ3v) is 6.99. The van der Waals surface area contributed by atoms with Gasteiger partial charge < -0.3 is 40.1 Å². The molecule has 194 valence electrons. The van der Waals surface area contributed by atoms with Crippen molar-refractivity contribution in [2.75, 3.05) is 0 Å². The molecule has 0 aromatic heterocycles. The maximum absolute atomic E-state index is 12.3. The highest BCUT2D eigenvalue weighted by Gasteiger charge is 2.36. The standard InChI is InChI=1S/C22H22O12S2/c23-13(17(27)28)15(25)19(31)33-21(11-7-3-1-4-8-11)35-36-22(12-9-5-2-6-10-12)34-20(32)16(26)14(24)18(29)30/h1-10,13-16,21-26H,(H,27,28)(H,29,30). The molecule has 14 heteroatoms. The number of aliphatic carboxylic acids is 2. The van der Waals surface area contributed by atoms with Gasteiger partial charge >= 0.3 is 23.9 Å². The Labute approximate surface area is 211 Å². The number of aliphatic hydroxyl groups is 4. The van der Waals surface area contributed by atoms with Crippen LogP contribution in [0.25, 0.3) is 0 Å². The van der Waals surface area contributed by atoms with Crippen LogP contribution in [0.5, 0.6) is 0 Å². The fourth-order valence-corrected chi connectivity index (χ4v) is 5.00. The Hall–Kier alpha value is -3.14. The largest absolute Gasteiger partial charge is 0.479 e. The van der Waals surface area contributed by atoms with Gasteiger partial charge in [-0.15, -0.1) is 0 Å². The minimum atomic E-state index is -2.42. The lowest BCUT2D eigenvalue weighted by atomic mass is 10.2. The summed E-state index contributed by atoms with van der Waals surface area (Å²) < 4.78 is 10.4. The number of carboxylic acid groups (broad SMARTS) is 2. The Morgan fingerprint density at radius 3 is 1.14 bits per heavy atom. The van der Waals surface area contributed by atoms with Crippen molar-refractivity contribution in [1.29, 1.82) is 0 Å². The highest BCUT2D eigenvalue weighted by Crippen LogP contribution is 2.47. The van der Waals surface area contributed by atoms with Gasteiger partial charge in [-0.25, -0.2) is 19.2 Å². The zero-order valence-corrected chi connectivity index (χ0v) is 19.8. The molecule has 0 radical (unpaired) electrons. The molecule has 2 rings (SSSR count). The lowest BCUT2D eigenvalue weighted by Gasteiger charge is -2.24.